The lowest BCUT2D eigenvalue weighted by molar-refractivity contribution is 0.192. The van der Waals surface area contributed by atoms with Crippen molar-refractivity contribution in [3.8, 4) is 5.75 Å². The Morgan fingerprint density at radius 3 is 2.65 bits per heavy atom. The van der Waals surface area contributed by atoms with Gasteiger partial charge in [-0.3, -0.25) is 4.90 Å². The molecule has 0 spiro atoms. The fraction of sp³-hybridized carbons (Fsp3) is 0.471. The summed E-state index contributed by atoms with van der Waals surface area (Å²) in [6, 6.07) is 1.53. The molecule has 1 aliphatic heterocycles. The number of benzene rings is 1. The number of fused-ring (bicyclic) bond motifs is 3. The van der Waals surface area contributed by atoms with Crippen LogP contribution in [0.3, 0.4) is 0 Å². The van der Waals surface area contributed by atoms with Crippen LogP contribution in [0, 0.1) is 12.3 Å². The number of carboxylic acid groups (broad SMARTS) is 1. The third-order valence-corrected chi connectivity index (χ3v) is 5.66. The number of rotatable bonds is 1. The lowest BCUT2D eigenvalue weighted by Crippen LogP contribution is -2.46. The SMILES string of the molecule is Cc1c[nH]c2c(O)cc3c(c12)[C@@](CCl)(C(C)(C)C)CN3C(=O)O. The van der Waals surface area contributed by atoms with E-state index in [1.807, 2.05) is 13.1 Å². The Kier molecular flexibility index (Phi) is 3.34. The van der Waals surface area contributed by atoms with Crippen molar-refractivity contribution in [2.24, 2.45) is 5.41 Å². The number of phenols is 1. The van der Waals surface area contributed by atoms with Gasteiger partial charge >= 0.3 is 6.09 Å². The Morgan fingerprint density at radius 1 is 1.48 bits per heavy atom. The summed E-state index contributed by atoms with van der Waals surface area (Å²) < 4.78 is 0. The molecule has 0 bridgehead atoms. The first-order valence-corrected chi connectivity index (χ1v) is 8.08. The van der Waals surface area contributed by atoms with E-state index < -0.39 is 11.5 Å². The zero-order valence-electron chi connectivity index (χ0n) is 13.7. The fourth-order valence-electron chi connectivity index (χ4n) is 3.67. The maximum atomic E-state index is 11.8. The number of aromatic amines is 1. The molecular weight excluding hydrogens is 316 g/mol. The molecule has 0 radical (unpaired) electrons. The summed E-state index contributed by atoms with van der Waals surface area (Å²) in [5.41, 5.74) is 2.27. The number of nitrogens with one attached hydrogen (secondary N) is 1. The summed E-state index contributed by atoms with van der Waals surface area (Å²) >= 11 is 6.41. The number of nitrogens with zero attached hydrogens (tertiary/aromatic N) is 1. The van der Waals surface area contributed by atoms with Gasteiger partial charge in [-0.1, -0.05) is 20.8 Å². The lowest BCUT2D eigenvalue weighted by atomic mass is 9.64. The average molecular weight is 337 g/mol. The number of phenolic OH excluding ortho intramolecular Hbond substituents is 1. The number of hydrogen-bond acceptors (Lipinski definition) is 2. The summed E-state index contributed by atoms with van der Waals surface area (Å²) in [4.78, 5) is 16.1. The van der Waals surface area contributed by atoms with Crippen molar-refractivity contribution in [3.63, 3.8) is 0 Å². The first-order valence-electron chi connectivity index (χ1n) is 7.54. The normalized spacial score (nSPS) is 21.0. The molecule has 1 aromatic carbocycles. The van der Waals surface area contributed by atoms with Crippen molar-refractivity contribution < 1.29 is 15.0 Å². The Balaban J connectivity index is 2.48. The van der Waals surface area contributed by atoms with E-state index in [2.05, 4.69) is 25.8 Å². The Bertz CT molecular complexity index is 806. The van der Waals surface area contributed by atoms with Crippen LogP contribution in [0.15, 0.2) is 12.3 Å². The van der Waals surface area contributed by atoms with E-state index in [1.54, 1.807) is 0 Å². The van der Waals surface area contributed by atoms with Crippen molar-refractivity contribution in [3.05, 3.63) is 23.4 Å². The van der Waals surface area contributed by atoms with Crippen LogP contribution in [0.4, 0.5) is 10.5 Å². The molecule has 2 heterocycles. The first-order chi connectivity index (χ1) is 10.6. The van der Waals surface area contributed by atoms with Crippen molar-refractivity contribution >= 4 is 34.3 Å². The predicted octanol–water partition coefficient (Wildman–Crippen LogP) is 4.20. The van der Waals surface area contributed by atoms with Crippen LogP contribution in [-0.2, 0) is 5.41 Å². The van der Waals surface area contributed by atoms with Gasteiger partial charge in [0.1, 0.15) is 5.75 Å². The number of aromatic nitrogens is 1. The first kappa shape index (κ1) is 16.0. The smallest absolute Gasteiger partial charge is 0.411 e. The number of H-pyrrole nitrogens is 1. The van der Waals surface area contributed by atoms with Crippen LogP contribution in [0.1, 0.15) is 31.9 Å². The molecule has 124 valence electrons. The predicted molar refractivity (Wildman–Crippen MR) is 91.9 cm³/mol. The average Bonchev–Trinajstić information content (AvgIpc) is 2.97. The van der Waals surface area contributed by atoms with Gasteiger partial charge in [0.15, 0.2) is 0 Å². The minimum atomic E-state index is -1.03. The van der Waals surface area contributed by atoms with Gasteiger partial charge in [-0.05, 0) is 23.5 Å². The molecule has 5 nitrogen and oxygen atoms in total. The van der Waals surface area contributed by atoms with Gasteiger partial charge in [-0.2, -0.15) is 0 Å². The number of hydrogen-bond donors (Lipinski definition) is 3. The van der Waals surface area contributed by atoms with Gasteiger partial charge in [0.25, 0.3) is 0 Å². The number of halogens is 1. The summed E-state index contributed by atoms with van der Waals surface area (Å²) in [7, 11) is 0. The molecule has 3 N–H and O–H groups in total. The molecular formula is C17H21ClN2O3. The van der Waals surface area contributed by atoms with Gasteiger partial charge in [-0.15, -0.1) is 11.6 Å². The highest BCUT2D eigenvalue weighted by Crippen LogP contribution is 2.55. The summed E-state index contributed by atoms with van der Waals surface area (Å²) in [6.45, 7) is 8.46. The Morgan fingerprint density at radius 2 is 2.13 bits per heavy atom. The van der Waals surface area contributed by atoms with Crippen LogP contribution in [0.5, 0.6) is 5.75 Å². The second-order valence-electron chi connectivity index (χ2n) is 7.35. The van der Waals surface area contributed by atoms with Crippen molar-refractivity contribution in [2.45, 2.75) is 33.1 Å². The molecule has 2 aromatic rings. The number of carbonyl (C=O) groups is 1. The number of alkyl halides is 1. The molecule has 0 saturated heterocycles. The van der Waals surface area contributed by atoms with Gasteiger partial charge < -0.3 is 15.2 Å². The van der Waals surface area contributed by atoms with Gasteiger partial charge in [0, 0.05) is 35.5 Å². The van der Waals surface area contributed by atoms with E-state index in [4.69, 9.17) is 11.6 Å². The standard InChI is InChI=1S/C17H21ClN2O3/c1-9-6-19-14-11(21)5-10-13(12(9)14)17(7-18,16(2,3)4)8-20(10)15(22)23/h5-6,19,21H,7-8H2,1-4H3,(H,22,23)/t17-/m0/s1. The highest BCUT2D eigenvalue weighted by molar-refractivity contribution is 6.19. The summed E-state index contributed by atoms with van der Waals surface area (Å²) in [5.74, 6) is 0.356. The minimum absolute atomic E-state index is 0.0531. The zero-order valence-corrected chi connectivity index (χ0v) is 14.5. The van der Waals surface area contributed by atoms with Crippen molar-refractivity contribution in [1.29, 1.82) is 0 Å². The zero-order chi connectivity index (χ0) is 17.2. The summed E-state index contributed by atoms with van der Waals surface area (Å²) in [6.07, 6.45) is 0.796. The van der Waals surface area contributed by atoms with E-state index in [0.717, 1.165) is 16.5 Å². The maximum absolute atomic E-state index is 11.8. The molecule has 0 aliphatic carbocycles. The fourth-order valence-corrected chi connectivity index (χ4v) is 4.29. The molecule has 1 aliphatic rings. The van der Waals surface area contributed by atoms with E-state index in [9.17, 15) is 15.0 Å². The van der Waals surface area contributed by atoms with Crippen LogP contribution >= 0.6 is 11.6 Å². The van der Waals surface area contributed by atoms with Gasteiger partial charge in [0.2, 0.25) is 0 Å². The lowest BCUT2D eigenvalue weighted by Gasteiger charge is -2.41. The number of anilines is 1. The van der Waals surface area contributed by atoms with Crippen LogP contribution in [0.2, 0.25) is 0 Å². The van der Waals surface area contributed by atoms with Gasteiger partial charge in [-0.25, -0.2) is 4.79 Å². The van der Waals surface area contributed by atoms with E-state index in [0.29, 0.717) is 17.1 Å². The van der Waals surface area contributed by atoms with E-state index in [1.165, 1.54) is 11.0 Å². The topological polar surface area (TPSA) is 76.6 Å². The van der Waals surface area contributed by atoms with E-state index in [-0.39, 0.29) is 17.7 Å². The Hall–Kier alpha value is -1.88. The highest BCUT2D eigenvalue weighted by Gasteiger charge is 2.53. The Labute approximate surface area is 139 Å². The van der Waals surface area contributed by atoms with Gasteiger partial charge in [0.05, 0.1) is 11.2 Å². The number of amides is 1. The number of aryl methyl sites for hydroxylation is 1. The summed E-state index contributed by atoms with van der Waals surface area (Å²) in [5, 5.41) is 20.8. The van der Waals surface area contributed by atoms with Crippen molar-refractivity contribution in [2.75, 3.05) is 17.3 Å². The molecule has 0 unspecified atom stereocenters. The molecule has 1 aromatic heterocycles. The third-order valence-electron chi connectivity index (χ3n) is 5.21. The van der Waals surface area contributed by atoms with Crippen LogP contribution in [-0.4, -0.2) is 33.7 Å². The highest BCUT2D eigenvalue weighted by atomic mass is 35.5. The van der Waals surface area contributed by atoms with E-state index >= 15 is 0 Å². The molecule has 0 fully saturated rings. The monoisotopic (exact) mass is 336 g/mol. The molecule has 1 atom stereocenters. The molecule has 6 heteroatoms. The van der Waals surface area contributed by atoms with Crippen LogP contribution in [0.25, 0.3) is 10.9 Å². The quantitative estimate of drug-likeness (QED) is 0.683. The molecule has 23 heavy (non-hydrogen) atoms. The third kappa shape index (κ3) is 1.96. The minimum Gasteiger partial charge on any atom is -0.506 e. The maximum Gasteiger partial charge on any atom is 0.411 e. The molecule has 3 rings (SSSR count). The molecule has 0 saturated carbocycles. The van der Waals surface area contributed by atoms with Crippen LogP contribution < -0.4 is 4.90 Å². The second kappa shape index (κ2) is 4.81. The second-order valence-corrected chi connectivity index (χ2v) is 7.61. The largest absolute Gasteiger partial charge is 0.506 e. The molecule has 1 amide bonds. The van der Waals surface area contributed by atoms with Crippen molar-refractivity contribution in [1.82, 2.24) is 4.98 Å². The number of aromatic hydroxyl groups is 1.